The lowest BCUT2D eigenvalue weighted by Gasteiger charge is -2.11. The van der Waals surface area contributed by atoms with E-state index in [1.807, 2.05) is 6.92 Å². The Bertz CT molecular complexity index is 1070. The van der Waals surface area contributed by atoms with Gasteiger partial charge in [0, 0.05) is 19.0 Å². The van der Waals surface area contributed by atoms with E-state index in [0.29, 0.717) is 23.0 Å². The van der Waals surface area contributed by atoms with Crippen LogP contribution in [0, 0.1) is 24.6 Å². The lowest BCUT2D eigenvalue weighted by atomic mass is 10.1. The number of halogens is 1. The Kier molecular flexibility index (Phi) is 6.18. The van der Waals surface area contributed by atoms with E-state index in [0.717, 1.165) is 6.42 Å². The summed E-state index contributed by atoms with van der Waals surface area (Å²) in [5.74, 6) is 4.82. The number of aromatic nitrogens is 2. The zero-order valence-electron chi connectivity index (χ0n) is 15.8. The average molecular weight is 377 g/mol. The molecule has 1 amide bonds. The summed E-state index contributed by atoms with van der Waals surface area (Å²) in [7, 11) is 0. The summed E-state index contributed by atoms with van der Waals surface area (Å²) >= 11 is 0. The van der Waals surface area contributed by atoms with Gasteiger partial charge in [-0.2, -0.15) is 0 Å². The Morgan fingerprint density at radius 1 is 1.21 bits per heavy atom. The number of nitrogens with one attached hydrogen (secondary N) is 1. The molecule has 2 aromatic heterocycles. The Morgan fingerprint density at radius 3 is 2.89 bits per heavy atom. The number of pyridine rings is 2. The van der Waals surface area contributed by atoms with Crippen molar-refractivity contribution in [1.82, 2.24) is 9.97 Å². The zero-order valence-corrected chi connectivity index (χ0v) is 15.8. The summed E-state index contributed by atoms with van der Waals surface area (Å²) in [4.78, 5) is 21.2. The first-order chi connectivity index (χ1) is 13.6. The highest BCUT2D eigenvalue weighted by Crippen LogP contribution is 2.25. The van der Waals surface area contributed by atoms with Gasteiger partial charge in [-0.1, -0.05) is 18.9 Å². The van der Waals surface area contributed by atoms with E-state index in [4.69, 9.17) is 4.74 Å². The highest BCUT2D eigenvalue weighted by atomic mass is 19.1. The van der Waals surface area contributed by atoms with E-state index in [1.54, 1.807) is 37.4 Å². The van der Waals surface area contributed by atoms with Gasteiger partial charge in [0.05, 0.1) is 23.3 Å². The minimum absolute atomic E-state index is 0.0367. The van der Waals surface area contributed by atoms with Crippen LogP contribution in [0.5, 0.6) is 5.75 Å². The maximum Gasteiger partial charge on any atom is 0.274 e. The first-order valence-corrected chi connectivity index (χ1v) is 9.01. The van der Waals surface area contributed by atoms with Crippen LogP contribution in [0.2, 0.25) is 0 Å². The summed E-state index contributed by atoms with van der Waals surface area (Å²) in [6.07, 6.45) is 2.95. The van der Waals surface area contributed by atoms with E-state index >= 15 is 0 Å². The number of hydrogen-bond donors (Lipinski definition) is 1. The predicted molar refractivity (Wildman–Crippen MR) is 107 cm³/mol. The van der Waals surface area contributed by atoms with E-state index in [2.05, 4.69) is 27.1 Å². The van der Waals surface area contributed by atoms with Gasteiger partial charge in [0.15, 0.2) is 11.6 Å². The summed E-state index contributed by atoms with van der Waals surface area (Å²) in [5.41, 5.74) is 2.22. The highest BCUT2D eigenvalue weighted by molar-refractivity contribution is 6.05. The van der Waals surface area contributed by atoms with Crippen LogP contribution in [-0.2, 0) is 0 Å². The van der Waals surface area contributed by atoms with Crippen molar-refractivity contribution in [1.29, 1.82) is 0 Å². The molecule has 1 aromatic carbocycles. The molecule has 0 spiro atoms. The second-order valence-corrected chi connectivity index (χ2v) is 6.07. The molecule has 142 valence electrons. The number of hydrogen-bond acceptors (Lipinski definition) is 4. The second kappa shape index (κ2) is 8.96. The molecule has 0 radical (unpaired) electrons. The first kappa shape index (κ1) is 19.3. The molecular weight excluding hydrogens is 357 g/mol. The van der Waals surface area contributed by atoms with Crippen molar-refractivity contribution in [3.63, 3.8) is 0 Å². The average Bonchev–Trinajstić information content (AvgIpc) is 2.69. The molecule has 5 nitrogen and oxygen atoms in total. The van der Waals surface area contributed by atoms with Crippen LogP contribution < -0.4 is 10.1 Å². The molecule has 0 fully saturated rings. The zero-order chi connectivity index (χ0) is 19.9. The number of carbonyl (C=O) groups excluding carboxylic acids is 1. The normalized spacial score (nSPS) is 10.2. The van der Waals surface area contributed by atoms with Crippen molar-refractivity contribution in [3.05, 3.63) is 59.7 Å². The number of fused-ring (bicyclic) bond motifs is 1. The van der Waals surface area contributed by atoms with Gasteiger partial charge in [-0.05, 0) is 42.8 Å². The third-order valence-electron chi connectivity index (χ3n) is 3.99. The molecule has 1 N–H and O–H groups in total. The monoisotopic (exact) mass is 377 g/mol. The van der Waals surface area contributed by atoms with E-state index < -0.39 is 11.7 Å². The number of rotatable bonds is 5. The summed E-state index contributed by atoms with van der Waals surface area (Å²) in [5, 5.41) is 2.58. The van der Waals surface area contributed by atoms with Gasteiger partial charge in [-0.25, -0.2) is 9.37 Å². The molecule has 6 heteroatoms. The fourth-order valence-electron chi connectivity index (χ4n) is 2.65. The van der Waals surface area contributed by atoms with Crippen LogP contribution in [0.15, 0.2) is 42.6 Å². The lowest BCUT2D eigenvalue weighted by Crippen LogP contribution is -2.16. The van der Waals surface area contributed by atoms with Crippen LogP contribution in [0.3, 0.4) is 0 Å². The highest BCUT2D eigenvalue weighted by Gasteiger charge is 2.16. The van der Waals surface area contributed by atoms with Crippen molar-refractivity contribution < 1.29 is 13.9 Å². The molecule has 0 atom stereocenters. The van der Waals surface area contributed by atoms with Gasteiger partial charge in [0.25, 0.3) is 5.91 Å². The number of carbonyl (C=O) groups is 1. The SMILES string of the molecule is CCC#CCCOc1cccc(NC(=O)c2nc3cccnc3cc2C)c1F. The minimum atomic E-state index is -0.626. The van der Waals surface area contributed by atoms with Crippen LogP contribution in [0.1, 0.15) is 35.8 Å². The minimum Gasteiger partial charge on any atom is -0.489 e. The second-order valence-electron chi connectivity index (χ2n) is 6.07. The fraction of sp³-hybridized carbons (Fsp3) is 0.227. The standard InChI is InChI=1S/C22H20FN3O2/c1-3-4-5-6-13-28-19-11-7-9-17(20(19)23)26-22(27)21-15(2)14-18-16(25-21)10-8-12-24-18/h7-12,14H,3,6,13H2,1-2H3,(H,26,27). The lowest BCUT2D eigenvalue weighted by molar-refractivity contribution is 0.102. The van der Waals surface area contributed by atoms with Crippen molar-refractivity contribution >= 4 is 22.6 Å². The number of amides is 1. The number of aryl methyl sites for hydroxylation is 1. The van der Waals surface area contributed by atoms with Crippen LogP contribution in [0.4, 0.5) is 10.1 Å². The molecule has 0 unspecified atom stereocenters. The summed E-state index contributed by atoms with van der Waals surface area (Å²) in [6.45, 7) is 4.01. The van der Waals surface area contributed by atoms with Crippen LogP contribution >= 0.6 is 0 Å². The Hall–Kier alpha value is -3.46. The van der Waals surface area contributed by atoms with Crippen molar-refractivity contribution in [2.75, 3.05) is 11.9 Å². The maximum absolute atomic E-state index is 14.7. The van der Waals surface area contributed by atoms with Gasteiger partial charge < -0.3 is 10.1 Å². The molecule has 0 aliphatic heterocycles. The van der Waals surface area contributed by atoms with E-state index in [9.17, 15) is 9.18 Å². The smallest absolute Gasteiger partial charge is 0.274 e. The fourth-order valence-corrected chi connectivity index (χ4v) is 2.65. The molecule has 0 bridgehead atoms. The van der Waals surface area contributed by atoms with Gasteiger partial charge in [-0.15, -0.1) is 5.92 Å². The van der Waals surface area contributed by atoms with Gasteiger partial charge in [0.2, 0.25) is 0 Å². The third-order valence-corrected chi connectivity index (χ3v) is 3.99. The molecule has 2 heterocycles. The van der Waals surface area contributed by atoms with Crippen molar-refractivity contribution in [2.24, 2.45) is 0 Å². The van der Waals surface area contributed by atoms with Crippen molar-refractivity contribution in [2.45, 2.75) is 26.7 Å². The molecule has 3 rings (SSSR count). The van der Waals surface area contributed by atoms with Crippen molar-refractivity contribution in [3.8, 4) is 17.6 Å². The molecule has 0 aliphatic rings. The Balaban J connectivity index is 1.77. The summed E-state index contributed by atoms with van der Waals surface area (Å²) in [6, 6.07) is 9.92. The molecule has 0 aliphatic carbocycles. The number of ether oxygens (including phenoxy) is 1. The van der Waals surface area contributed by atoms with Gasteiger partial charge >= 0.3 is 0 Å². The topological polar surface area (TPSA) is 64.1 Å². The number of anilines is 1. The molecule has 28 heavy (non-hydrogen) atoms. The van der Waals surface area contributed by atoms with Gasteiger partial charge in [0.1, 0.15) is 5.69 Å². The Labute approximate surface area is 163 Å². The predicted octanol–water partition coefficient (Wildman–Crippen LogP) is 4.51. The van der Waals surface area contributed by atoms with E-state index in [1.165, 1.54) is 12.1 Å². The van der Waals surface area contributed by atoms with E-state index in [-0.39, 0.29) is 23.7 Å². The number of benzene rings is 1. The number of nitrogens with zero attached hydrogens (tertiary/aromatic N) is 2. The maximum atomic E-state index is 14.7. The first-order valence-electron chi connectivity index (χ1n) is 9.01. The van der Waals surface area contributed by atoms with Crippen LogP contribution in [-0.4, -0.2) is 22.5 Å². The molecule has 3 aromatic rings. The van der Waals surface area contributed by atoms with Gasteiger partial charge in [-0.3, -0.25) is 9.78 Å². The largest absolute Gasteiger partial charge is 0.489 e. The summed E-state index contributed by atoms with van der Waals surface area (Å²) < 4.78 is 20.1. The molecule has 0 saturated carbocycles. The Morgan fingerprint density at radius 2 is 2.07 bits per heavy atom. The third kappa shape index (κ3) is 4.44. The van der Waals surface area contributed by atoms with Crippen LogP contribution in [0.25, 0.3) is 11.0 Å². The molecular formula is C22H20FN3O2. The quantitative estimate of drug-likeness (QED) is 0.525. The molecule has 0 saturated heterocycles.